The number of nitrogens with two attached hydrogens (primary N) is 1. The molecule has 0 aromatic heterocycles. The Morgan fingerprint density at radius 1 is 1.78 bits per heavy atom. The molecule has 0 rings (SSSR count). The average molecular weight is 149 g/mol. The smallest absolute Gasteiger partial charge is 0.243 e. The zero-order valence-electron chi connectivity index (χ0n) is 5.42. The van der Waals surface area contributed by atoms with Gasteiger partial charge in [0, 0.05) is 5.75 Å². The maximum atomic E-state index is 10.1. The molecule has 0 spiro atoms. The molecule has 0 aliphatic rings. The second-order valence-corrected chi connectivity index (χ2v) is 2.50. The van der Waals surface area contributed by atoms with Crippen LogP contribution in [0.15, 0.2) is 0 Å². The van der Waals surface area contributed by atoms with Gasteiger partial charge >= 0.3 is 0 Å². The van der Waals surface area contributed by atoms with Crippen molar-refractivity contribution in [3.05, 3.63) is 0 Å². The van der Waals surface area contributed by atoms with Crippen molar-refractivity contribution in [1.29, 1.82) is 0 Å². The summed E-state index contributed by atoms with van der Waals surface area (Å²) in [6.45, 7) is 0.644. The highest BCUT2D eigenvalue weighted by atomic mass is 32.2. The normalized spacial score (nSPS) is 9.44. The van der Waals surface area contributed by atoms with Gasteiger partial charge in [-0.2, -0.15) is 11.8 Å². The number of hydrogen-bond acceptors (Lipinski definition) is 3. The largest absolute Gasteiger partial charge is 0.371 e. The van der Waals surface area contributed by atoms with E-state index in [0.717, 1.165) is 5.75 Å². The molecule has 0 unspecified atom stereocenters. The quantitative estimate of drug-likeness (QED) is 0.553. The summed E-state index contributed by atoms with van der Waals surface area (Å²) in [5, 5.41) is 0. The first-order valence-electron chi connectivity index (χ1n) is 2.62. The third kappa shape index (κ3) is 7.78. The summed E-state index contributed by atoms with van der Waals surface area (Å²) in [5.74, 6) is 0.504. The lowest BCUT2D eigenvalue weighted by molar-refractivity contribution is -0.122. The van der Waals surface area contributed by atoms with Crippen molar-refractivity contribution < 1.29 is 9.53 Å². The maximum Gasteiger partial charge on any atom is 0.243 e. The lowest BCUT2D eigenvalue weighted by Crippen LogP contribution is -2.18. The Kier molecular flexibility index (Phi) is 5.76. The summed E-state index contributed by atoms with van der Waals surface area (Å²) >= 11 is 1.68. The molecule has 54 valence electrons. The van der Waals surface area contributed by atoms with Crippen LogP contribution in [0.1, 0.15) is 0 Å². The molecule has 0 aromatic carbocycles. The van der Waals surface area contributed by atoms with E-state index in [4.69, 9.17) is 10.5 Å². The van der Waals surface area contributed by atoms with E-state index in [9.17, 15) is 4.79 Å². The van der Waals surface area contributed by atoms with E-state index in [-0.39, 0.29) is 6.61 Å². The van der Waals surface area contributed by atoms with Gasteiger partial charge in [0.25, 0.3) is 0 Å². The number of amides is 1. The minimum Gasteiger partial charge on any atom is -0.371 e. The van der Waals surface area contributed by atoms with Gasteiger partial charge in [-0.15, -0.1) is 0 Å². The molecule has 0 atom stereocenters. The Hall–Kier alpha value is -0.220. The molecule has 1 amide bonds. The van der Waals surface area contributed by atoms with Crippen molar-refractivity contribution in [2.45, 2.75) is 0 Å². The predicted molar refractivity (Wildman–Crippen MR) is 38.4 cm³/mol. The number of thioether (sulfide) groups is 1. The van der Waals surface area contributed by atoms with E-state index in [0.29, 0.717) is 6.61 Å². The third-order valence-corrected chi connectivity index (χ3v) is 1.25. The van der Waals surface area contributed by atoms with Crippen molar-refractivity contribution in [2.75, 3.05) is 25.2 Å². The molecule has 4 heteroatoms. The zero-order chi connectivity index (χ0) is 7.11. The highest BCUT2D eigenvalue weighted by Crippen LogP contribution is 1.89. The number of rotatable bonds is 5. The molecule has 9 heavy (non-hydrogen) atoms. The Bertz CT molecular complexity index is 87.0. The number of carbonyl (C=O) groups is 1. The fourth-order valence-corrected chi connectivity index (χ4v) is 0.600. The van der Waals surface area contributed by atoms with Crippen LogP contribution in [-0.4, -0.2) is 31.1 Å². The fourth-order valence-electron chi connectivity index (χ4n) is 0.315. The standard InChI is InChI=1S/C5H11NO2S/c1-9-3-2-8-4-5(6)7/h2-4H2,1H3,(H2,6,7). The number of hydrogen-bond donors (Lipinski definition) is 1. The third-order valence-electron chi connectivity index (χ3n) is 0.676. The van der Waals surface area contributed by atoms with Gasteiger partial charge < -0.3 is 10.5 Å². The Morgan fingerprint density at radius 3 is 2.89 bits per heavy atom. The van der Waals surface area contributed by atoms with Crippen molar-refractivity contribution in [3.63, 3.8) is 0 Å². The van der Waals surface area contributed by atoms with Crippen LogP contribution >= 0.6 is 11.8 Å². The molecular weight excluding hydrogens is 138 g/mol. The molecule has 0 bridgehead atoms. The van der Waals surface area contributed by atoms with Crippen molar-refractivity contribution in [2.24, 2.45) is 5.73 Å². The van der Waals surface area contributed by atoms with Gasteiger partial charge in [-0.25, -0.2) is 0 Å². The molecule has 0 fully saturated rings. The summed E-state index contributed by atoms with van der Waals surface area (Å²) in [7, 11) is 0. The minimum absolute atomic E-state index is 0.0422. The second-order valence-electron chi connectivity index (χ2n) is 1.51. The first-order chi connectivity index (χ1) is 4.27. The van der Waals surface area contributed by atoms with E-state index >= 15 is 0 Å². The Morgan fingerprint density at radius 2 is 2.44 bits per heavy atom. The van der Waals surface area contributed by atoms with E-state index < -0.39 is 5.91 Å². The average Bonchev–Trinajstić information content (AvgIpc) is 1.80. The van der Waals surface area contributed by atoms with Crippen LogP contribution in [0.25, 0.3) is 0 Å². The van der Waals surface area contributed by atoms with Gasteiger partial charge in [-0.1, -0.05) is 0 Å². The summed E-state index contributed by atoms with van der Waals surface area (Å²) in [4.78, 5) is 10.1. The van der Waals surface area contributed by atoms with Crippen LogP contribution in [0.5, 0.6) is 0 Å². The van der Waals surface area contributed by atoms with E-state index in [1.807, 2.05) is 6.26 Å². The molecule has 0 saturated heterocycles. The van der Waals surface area contributed by atoms with Gasteiger partial charge in [0.15, 0.2) is 0 Å². The fraction of sp³-hybridized carbons (Fsp3) is 0.800. The number of carbonyl (C=O) groups excluding carboxylic acids is 1. The van der Waals surface area contributed by atoms with Gasteiger partial charge in [-0.05, 0) is 6.26 Å². The second kappa shape index (κ2) is 5.91. The van der Waals surface area contributed by atoms with Crippen LogP contribution in [-0.2, 0) is 9.53 Å². The van der Waals surface area contributed by atoms with Crippen molar-refractivity contribution in [3.8, 4) is 0 Å². The minimum atomic E-state index is -0.406. The summed E-state index contributed by atoms with van der Waals surface area (Å²) < 4.78 is 4.84. The van der Waals surface area contributed by atoms with Crippen molar-refractivity contribution in [1.82, 2.24) is 0 Å². The van der Waals surface area contributed by atoms with Crippen LogP contribution in [0.4, 0.5) is 0 Å². The molecule has 0 aliphatic heterocycles. The summed E-state index contributed by atoms with van der Waals surface area (Å²) in [6, 6.07) is 0. The van der Waals surface area contributed by atoms with Crippen LogP contribution in [0, 0.1) is 0 Å². The Balaban J connectivity index is 2.83. The van der Waals surface area contributed by atoms with E-state index in [1.165, 1.54) is 0 Å². The first-order valence-corrected chi connectivity index (χ1v) is 4.01. The molecule has 0 aromatic rings. The number of ether oxygens (including phenoxy) is 1. The van der Waals surface area contributed by atoms with Gasteiger partial charge in [0.1, 0.15) is 6.61 Å². The van der Waals surface area contributed by atoms with Gasteiger partial charge in [0.05, 0.1) is 6.61 Å². The molecule has 0 aliphatic carbocycles. The zero-order valence-corrected chi connectivity index (χ0v) is 6.24. The van der Waals surface area contributed by atoms with Crippen LogP contribution < -0.4 is 5.73 Å². The van der Waals surface area contributed by atoms with Crippen molar-refractivity contribution >= 4 is 17.7 Å². The summed E-state index contributed by atoms with van der Waals surface area (Å²) in [5.41, 5.74) is 4.80. The van der Waals surface area contributed by atoms with Crippen LogP contribution in [0.3, 0.4) is 0 Å². The molecule has 0 heterocycles. The molecule has 0 saturated carbocycles. The number of primary amides is 1. The highest BCUT2D eigenvalue weighted by Gasteiger charge is 1.91. The maximum absolute atomic E-state index is 10.1. The molecule has 0 radical (unpaired) electrons. The lowest BCUT2D eigenvalue weighted by Gasteiger charge is -1.97. The first kappa shape index (κ1) is 8.78. The molecule has 3 nitrogen and oxygen atoms in total. The SMILES string of the molecule is CSCCOCC(N)=O. The molecular formula is C5H11NO2S. The molecule has 2 N–H and O–H groups in total. The Labute approximate surface area is 58.9 Å². The van der Waals surface area contributed by atoms with E-state index in [1.54, 1.807) is 11.8 Å². The topological polar surface area (TPSA) is 52.3 Å². The van der Waals surface area contributed by atoms with Gasteiger partial charge in [0.2, 0.25) is 5.91 Å². The highest BCUT2D eigenvalue weighted by molar-refractivity contribution is 7.98. The monoisotopic (exact) mass is 149 g/mol. The summed E-state index contributed by atoms with van der Waals surface area (Å²) in [6.07, 6.45) is 1.98. The van der Waals surface area contributed by atoms with Gasteiger partial charge in [-0.3, -0.25) is 4.79 Å². The predicted octanol–water partition coefficient (Wildman–Crippen LogP) is -0.149. The lowest BCUT2D eigenvalue weighted by atomic mass is 10.7. The van der Waals surface area contributed by atoms with E-state index in [2.05, 4.69) is 0 Å². The van der Waals surface area contributed by atoms with Crippen LogP contribution in [0.2, 0.25) is 0 Å².